The molecule has 0 aromatic heterocycles. The summed E-state index contributed by atoms with van der Waals surface area (Å²) in [5.41, 5.74) is 10.9. The van der Waals surface area contributed by atoms with Gasteiger partial charge in [0.2, 0.25) is 0 Å². The second-order valence-corrected chi connectivity index (χ2v) is 6.82. The predicted octanol–water partition coefficient (Wildman–Crippen LogP) is 4.04. The molecule has 1 aliphatic heterocycles. The fourth-order valence-electron chi connectivity index (χ4n) is 4.33. The van der Waals surface area contributed by atoms with Crippen LogP contribution in [-0.2, 0) is 4.74 Å². The highest BCUT2D eigenvalue weighted by molar-refractivity contribution is 5.36. The Bertz CT molecular complexity index is 456. The monoisotopic (exact) mass is 273 g/mol. The minimum atomic E-state index is 0.164. The molecule has 1 saturated carbocycles. The molecule has 0 amide bonds. The number of ether oxygens (including phenoxy) is 1. The van der Waals surface area contributed by atoms with Crippen LogP contribution in [-0.4, -0.2) is 12.2 Å². The highest BCUT2D eigenvalue weighted by atomic mass is 16.5. The van der Waals surface area contributed by atoms with Crippen LogP contribution in [0.4, 0.5) is 0 Å². The highest BCUT2D eigenvalue weighted by Crippen LogP contribution is 2.45. The maximum Gasteiger partial charge on any atom is 0.0685 e. The fraction of sp³-hybridized carbons (Fsp3) is 0.667. The predicted molar refractivity (Wildman–Crippen MR) is 82.7 cm³/mol. The highest BCUT2D eigenvalue weighted by Gasteiger charge is 2.41. The lowest BCUT2D eigenvalue weighted by atomic mass is 9.77. The van der Waals surface area contributed by atoms with E-state index in [2.05, 4.69) is 32.0 Å². The molecule has 2 fully saturated rings. The van der Waals surface area contributed by atoms with Crippen LogP contribution < -0.4 is 5.73 Å². The van der Waals surface area contributed by atoms with Gasteiger partial charge in [-0.25, -0.2) is 0 Å². The van der Waals surface area contributed by atoms with Crippen LogP contribution in [0.5, 0.6) is 0 Å². The van der Waals surface area contributed by atoms with Crippen molar-refractivity contribution < 1.29 is 4.74 Å². The zero-order valence-electron chi connectivity index (χ0n) is 12.8. The van der Waals surface area contributed by atoms with E-state index >= 15 is 0 Å². The zero-order chi connectivity index (χ0) is 14.2. The molecule has 1 heterocycles. The third-order valence-corrected chi connectivity index (χ3v) is 5.43. The number of hydrogen-bond donors (Lipinski definition) is 1. The number of rotatable bonds is 2. The number of hydrogen-bond acceptors (Lipinski definition) is 2. The third-order valence-electron chi connectivity index (χ3n) is 5.43. The maximum absolute atomic E-state index is 6.67. The van der Waals surface area contributed by atoms with E-state index in [0.717, 1.165) is 19.4 Å². The first-order chi connectivity index (χ1) is 9.61. The van der Waals surface area contributed by atoms with E-state index in [-0.39, 0.29) is 11.6 Å². The topological polar surface area (TPSA) is 35.2 Å². The first-order valence-electron chi connectivity index (χ1n) is 8.07. The van der Waals surface area contributed by atoms with Gasteiger partial charge in [0.25, 0.3) is 0 Å². The van der Waals surface area contributed by atoms with Gasteiger partial charge in [-0.1, -0.05) is 31.0 Å². The normalized spacial score (nSPS) is 26.9. The number of aryl methyl sites for hydroxylation is 2. The van der Waals surface area contributed by atoms with E-state index in [9.17, 15) is 0 Å². The van der Waals surface area contributed by atoms with Crippen LogP contribution in [0.1, 0.15) is 61.3 Å². The van der Waals surface area contributed by atoms with Crippen LogP contribution in [0.15, 0.2) is 18.2 Å². The summed E-state index contributed by atoms with van der Waals surface area (Å²) >= 11 is 0. The van der Waals surface area contributed by atoms with E-state index in [0.29, 0.717) is 5.92 Å². The molecule has 3 rings (SSSR count). The molecule has 1 aromatic rings. The van der Waals surface area contributed by atoms with Gasteiger partial charge in [-0.15, -0.1) is 0 Å². The molecule has 2 aliphatic rings. The van der Waals surface area contributed by atoms with Crippen molar-refractivity contribution >= 4 is 0 Å². The quantitative estimate of drug-likeness (QED) is 0.882. The summed E-state index contributed by atoms with van der Waals surface area (Å²) in [4.78, 5) is 0. The Kier molecular flexibility index (Phi) is 3.87. The summed E-state index contributed by atoms with van der Waals surface area (Å²) in [5, 5.41) is 0. The van der Waals surface area contributed by atoms with Crippen LogP contribution >= 0.6 is 0 Å². The van der Waals surface area contributed by atoms with Gasteiger partial charge in [0.1, 0.15) is 0 Å². The minimum absolute atomic E-state index is 0.164. The van der Waals surface area contributed by atoms with Crippen LogP contribution in [0.2, 0.25) is 0 Å². The van der Waals surface area contributed by atoms with Gasteiger partial charge < -0.3 is 10.5 Å². The lowest BCUT2D eigenvalue weighted by molar-refractivity contribution is -0.0964. The van der Waals surface area contributed by atoms with Crippen LogP contribution in [0, 0.1) is 19.8 Å². The van der Waals surface area contributed by atoms with Crippen molar-refractivity contribution in [1.82, 2.24) is 0 Å². The van der Waals surface area contributed by atoms with Gasteiger partial charge in [0.15, 0.2) is 0 Å². The molecule has 0 radical (unpaired) electrons. The van der Waals surface area contributed by atoms with Gasteiger partial charge in [-0.2, -0.15) is 0 Å². The molecule has 2 N–H and O–H groups in total. The largest absolute Gasteiger partial charge is 0.375 e. The van der Waals surface area contributed by atoms with Crippen LogP contribution in [0.3, 0.4) is 0 Å². The van der Waals surface area contributed by atoms with Gasteiger partial charge in [-0.05, 0) is 62.1 Å². The molecule has 2 atom stereocenters. The summed E-state index contributed by atoms with van der Waals surface area (Å²) in [6.07, 6.45) is 7.39. The standard InChI is InChI=1S/C18H27NO/c1-13-6-5-7-14(2)16(13)17(19)15-8-11-20-18(12-15)9-3-4-10-18/h5-7,15,17H,3-4,8-12,19H2,1-2H3. The first-order valence-corrected chi connectivity index (χ1v) is 8.07. The Labute approximate surface area is 122 Å². The minimum Gasteiger partial charge on any atom is -0.375 e. The summed E-state index contributed by atoms with van der Waals surface area (Å²) in [6, 6.07) is 6.67. The van der Waals surface area contributed by atoms with Gasteiger partial charge in [0.05, 0.1) is 5.60 Å². The second kappa shape index (κ2) is 5.50. The van der Waals surface area contributed by atoms with Gasteiger partial charge >= 0.3 is 0 Å². The van der Waals surface area contributed by atoms with Crippen LogP contribution in [0.25, 0.3) is 0 Å². The van der Waals surface area contributed by atoms with E-state index < -0.39 is 0 Å². The second-order valence-electron chi connectivity index (χ2n) is 6.82. The zero-order valence-corrected chi connectivity index (χ0v) is 12.8. The Morgan fingerprint density at radius 2 is 1.85 bits per heavy atom. The third kappa shape index (κ3) is 2.51. The van der Waals surface area contributed by atoms with Crippen molar-refractivity contribution in [3.05, 3.63) is 34.9 Å². The molecule has 1 aromatic carbocycles. The van der Waals surface area contributed by atoms with Crippen molar-refractivity contribution in [2.75, 3.05) is 6.61 Å². The van der Waals surface area contributed by atoms with Crippen molar-refractivity contribution in [3.63, 3.8) is 0 Å². The Balaban J connectivity index is 1.81. The molecular weight excluding hydrogens is 246 g/mol. The van der Waals surface area contributed by atoms with E-state index in [4.69, 9.17) is 10.5 Å². The molecule has 20 heavy (non-hydrogen) atoms. The van der Waals surface area contributed by atoms with E-state index in [1.807, 2.05) is 0 Å². The molecule has 2 heteroatoms. The van der Waals surface area contributed by atoms with E-state index in [1.54, 1.807) is 0 Å². The average Bonchev–Trinajstić information content (AvgIpc) is 2.86. The van der Waals surface area contributed by atoms with Crippen molar-refractivity contribution in [3.8, 4) is 0 Å². The Morgan fingerprint density at radius 3 is 2.50 bits per heavy atom. The SMILES string of the molecule is Cc1cccc(C)c1C(N)C1CCOC2(CCCC2)C1. The summed E-state index contributed by atoms with van der Waals surface area (Å²) in [7, 11) is 0. The molecule has 0 bridgehead atoms. The molecule has 2 nitrogen and oxygen atoms in total. The van der Waals surface area contributed by atoms with Gasteiger partial charge in [-0.3, -0.25) is 0 Å². The lowest BCUT2D eigenvalue weighted by Crippen LogP contribution is -2.41. The number of benzene rings is 1. The first kappa shape index (κ1) is 14.1. The van der Waals surface area contributed by atoms with Gasteiger partial charge in [0, 0.05) is 12.6 Å². The molecule has 1 saturated heterocycles. The average molecular weight is 273 g/mol. The Hall–Kier alpha value is -0.860. The van der Waals surface area contributed by atoms with Crippen molar-refractivity contribution in [2.24, 2.45) is 11.7 Å². The summed E-state index contributed by atoms with van der Waals surface area (Å²) in [6.45, 7) is 5.27. The lowest BCUT2D eigenvalue weighted by Gasteiger charge is -2.41. The molecule has 110 valence electrons. The Morgan fingerprint density at radius 1 is 1.20 bits per heavy atom. The van der Waals surface area contributed by atoms with E-state index in [1.165, 1.54) is 42.4 Å². The van der Waals surface area contributed by atoms with Crippen molar-refractivity contribution in [2.45, 2.75) is 64.0 Å². The smallest absolute Gasteiger partial charge is 0.0685 e. The fourth-order valence-corrected chi connectivity index (χ4v) is 4.33. The molecule has 1 spiro atoms. The molecular formula is C18H27NO. The molecule has 2 unspecified atom stereocenters. The maximum atomic E-state index is 6.67. The summed E-state index contributed by atoms with van der Waals surface area (Å²) < 4.78 is 6.15. The number of nitrogens with two attached hydrogens (primary N) is 1. The van der Waals surface area contributed by atoms with Crippen molar-refractivity contribution in [1.29, 1.82) is 0 Å². The summed E-state index contributed by atoms with van der Waals surface area (Å²) in [5.74, 6) is 0.571. The molecule has 1 aliphatic carbocycles.